The quantitative estimate of drug-likeness (QED) is 0.364. The van der Waals surface area contributed by atoms with Gasteiger partial charge in [-0.05, 0) is 23.3 Å². The van der Waals surface area contributed by atoms with Gasteiger partial charge in [-0.15, -0.1) is 0 Å². The van der Waals surface area contributed by atoms with Crippen molar-refractivity contribution in [3.05, 3.63) is 102 Å². The van der Waals surface area contributed by atoms with Gasteiger partial charge >= 0.3 is 0 Å². The predicted octanol–water partition coefficient (Wildman–Crippen LogP) is 5.53. The Balaban J connectivity index is 1.30. The summed E-state index contributed by atoms with van der Waals surface area (Å²) in [6.45, 7) is 4.79. The fraction of sp³-hybridized carbons (Fsp3) is 0.379. The van der Waals surface area contributed by atoms with Gasteiger partial charge in [0.2, 0.25) is 0 Å². The molecule has 0 saturated carbocycles. The van der Waals surface area contributed by atoms with E-state index >= 15 is 0 Å². The third-order valence-corrected chi connectivity index (χ3v) is 8.22. The van der Waals surface area contributed by atoms with Crippen molar-refractivity contribution in [2.75, 3.05) is 32.8 Å². The Morgan fingerprint density at radius 1 is 0.788 bits per heavy atom. The summed E-state index contributed by atoms with van der Waals surface area (Å²) in [5.41, 5.74) is 0.854. The summed E-state index contributed by atoms with van der Waals surface area (Å²) in [5.74, 6) is 0.0379. The fourth-order valence-electron chi connectivity index (χ4n) is 6.22. The number of para-hydroxylation sites is 1. The Hall–Kier alpha value is -2.69. The Morgan fingerprint density at radius 2 is 1.30 bits per heavy atom. The molecule has 3 heterocycles. The van der Waals surface area contributed by atoms with Crippen LogP contribution in [0.15, 0.2) is 84.9 Å². The summed E-state index contributed by atoms with van der Waals surface area (Å²) < 4.78 is 20.6. The molecule has 3 aliphatic rings. The lowest BCUT2D eigenvalue weighted by molar-refractivity contribution is -0.946. The zero-order valence-corrected chi connectivity index (χ0v) is 19.1. The second-order valence-electron chi connectivity index (χ2n) is 9.84. The molecule has 0 aromatic heterocycles. The van der Waals surface area contributed by atoms with Gasteiger partial charge in [-0.25, -0.2) is 4.39 Å². The number of piperidine rings is 3. The van der Waals surface area contributed by atoms with Crippen LogP contribution in [0, 0.1) is 11.2 Å². The summed E-state index contributed by atoms with van der Waals surface area (Å²) >= 11 is 0. The molecule has 0 radical (unpaired) electrons. The number of hydrogen-bond acceptors (Lipinski definition) is 2. The molecule has 3 aliphatic heterocycles. The highest BCUT2D eigenvalue weighted by Crippen LogP contribution is 2.57. The van der Waals surface area contributed by atoms with Gasteiger partial charge in [-0.2, -0.15) is 0 Å². The van der Waals surface area contributed by atoms with E-state index in [1.807, 2.05) is 36.4 Å². The van der Waals surface area contributed by atoms with Crippen molar-refractivity contribution in [1.82, 2.24) is 0 Å². The first kappa shape index (κ1) is 22.1. The number of rotatable bonds is 8. The monoisotopic (exact) mass is 446 g/mol. The Kier molecular flexibility index (Phi) is 5.98. The second-order valence-corrected chi connectivity index (χ2v) is 9.84. The second kappa shape index (κ2) is 8.92. The maximum Gasteiger partial charge on any atom is 0.165 e. The van der Waals surface area contributed by atoms with Gasteiger partial charge in [0, 0.05) is 31.1 Å². The molecule has 0 unspecified atom stereocenters. The van der Waals surface area contributed by atoms with Gasteiger partial charge in [0.25, 0.3) is 0 Å². The summed E-state index contributed by atoms with van der Waals surface area (Å²) in [4.78, 5) is 0. The van der Waals surface area contributed by atoms with Crippen molar-refractivity contribution >= 4 is 0 Å². The van der Waals surface area contributed by atoms with Crippen LogP contribution in [0.1, 0.15) is 36.8 Å². The first-order valence-electron chi connectivity index (χ1n) is 12.1. The maximum atomic E-state index is 13.8. The number of aliphatic hydroxyl groups is 1. The van der Waals surface area contributed by atoms with Gasteiger partial charge < -0.3 is 14.3 Å². The predicted molar refractivity (Wildman–Crippen MR) is 128 cm³/mol. The van der Waals surface area contributed by atoms with E-state index in [0.717, 1.165) is 67.5 Å². The number of hydrogen-bond donors (Lipinski definition) is 1. The lowest BCUT2D eigenvalue weighted by atomic mass is 9.56. The molecule has 3 saturated heterocycles. The number of fused-ring (bicyclic) bond motifs is 3. The topological polar surface area (TPSA) is 29.5 Å². The van der Waals surface area contributed by atoms with E-state index in [1.54, 1.807) is 18.2 Å². The van der Waals surface area contributed by atoms with Crippen LogP contribution in [0.5, 0.6) is 5.75 Å². The van der Waals surface area contributed by atoms with Crippen molar-refractivity contribution in [3.63, 3.8) is 0 Å². The van der Waals surface area contributed by atoms with E-state index < -0.39 is 5.60 Å². The van der Waals surface area contributed by atoms with Crippen LogP contribution in [0.2, 0.25) is 0 Å². The molecule has 3 nitrogen and oxygen atoms in total. The van der Waals surface area contributed by atoms with Crippen LogP contribution in [-0.4, -0.2) is 42.4 Å². The summed E-state index contributed by atoms with van der Waals surface area (Å²) in [6.07, 6.45) is 3.91. The molecular formula is C29H33FNO2+. The lowest BCUT2D eigenvalue weighted by Crippen LogP contribution is -2.66. The fourth-order valence-corrected chi connectivity index (χ4v) is 6.22. The molecule has 6 rings (SSSR count). The van der Waals surface area contributed by atoms with E-state index in [1.165, 1.54) is 6.07 Å². The molecule has 1 N–H and O–H groups in total. The first-order valence-corrected chi connectivity index (χ1v) is 12.1. The zero-order chi connectivity index (χ0) is 22.8. The molecule has 0 aliphatic carbocycles. The lowest BCUT2D eigenvalue weighted by Gasteiger charge is -2.60. The number of quaternary nitrogens is 1. The molecule has 0 atom stereocenters. The number of benzene rings is 3. The van der Waals surface area contributed by atoms with Crippen molar-refractivity contribution in [2.24, 2.45) is 5.41 Å². The van der Waals surface area contributed by atoms with Crippen molar-refractivity contribution in [3.8, 4) is 5.75 Å². The highest BCUT2D eigenvalue weighted by atomic mass is 19.1. The highest BCUT2D eigenvalue weighted by molar-refractivity contribution is 5.39. The summed E-state index contributed by atoms with van der Waals surface area (Å²) in [7, 11) is 0. The third kappa shape index (κ3) is 3.96. The molecule has 2 bridgehead atoms. The van der Waals surface area contributed by atoms with Crippen LogP contribution in [0.4, 0.5) is 4.39 Å². The van der Waals surface area contributed by atoms with Crippen LogP contribution in [-0.2, 0) is 5.60 Å². The van der Waals surface area contributed by atoms with E-state index in [2.05, 4.69) is 24.3 Å². The summed E-state index contributed by atoms with van der Waals surface area (Å²) in [6, 6.07) is 27.1. The zero-order valence-electron chi connectivity index (χ0n) is 19.1. The minimum absolute atomic E-state index is 0.153. The van der Waals surface area contributed by atoms with E-state index in [4.69, 9.17) is 4.74 Å². The molecule has 0 spiro atoms. The molecule has 3 aromatic rings. The van der Waals surface area contributed by atoms with Gasteiger partial charge in [-0.3, -0.25) is 0 Å². The maximum absolute atomic E-state index is 13.8. The normalized spacial score (nSPS) is 24.5. The average molecular weight is 447 g/mol. The number of halogens is 1. The number of ether oxygens (including phenoxy) is 1. The Labute approximate surface area is 196 Å². The molecule has 3 aromatic carbocycles. The molecular weight excluding hydrogens is 413 g/mol. The average Bonchev–Trinajstić information content (AvgIpc) is 2.89. The van der Waals surface area contributed by atoms with Gasteiger partial charge in [-0.1, -0.05) is 72.8 Å². The van der Waals surface area contributed by atoms with Crippen molar-refractivity contribution in [2.45, 2.75) is 31.3 Å². The first-order chi connectivity index (χ1) is 16.1. The van der Waals surface area contributed by atoms with E-state index in [-0.39, 0.29) is 11.2 Å². The van der Waals surface area contributed by atoms with Crippen molar-refractivity contribution in [1.29, 1.82) is 0 Å². The largest absolute Gasteiger partial charge is 0.490 e. The molecule has 0 amide bonds. The van der Waals surface area contributed by atoms with Crippen LogP contribution >= 0.6 is 0 Å². The van der Waals surface area contributed by atoms with E-state index in [9.17, 15) is 9.50 Å². The SMILES string of the molecule is OC(c1ccccc1)(c1ccccc1)C12CC[N+](CCCOc3ccccc3F)(CC1)CC2. The van der Waals surface area contributed by atoms with Gasteiger partial charge in [0.05, 0.1) is 32.8 Å². The standard InChI is InChI=1S/C29H33FNO2/c30-26-14-7-8-15-27(26)33-23-9-19-31-20-16-28(17-21-31,18-22-31)29(32,24-10-3-1-4-11-24)25-12-5-2-6-13-25/h1-8,10-15,32H,9,16-23H2/q+1. The minimum atomic E-state index is -0.986. The molecule has 172 valence electrons. The van der Waals surface area contributed by atoms with Crippen LogP contribution in [0.25, 0.3) is 0 Å². The minimum Gasteiger partial charge on any atom is -0.490 e. The van der Waals surface area contributed by atoms with Gasteiger partial charge in [0.15, 0.2) is 11.6 Å². The Morgan fingerprint density at radius 3 is 1.85 bits per heavy atom. The molecule has 4 heteroatoms. The van der Waals surface area contributed by atoms with E-state index in [0.29, 0.717) is 12.4 Å². The van der Waals surface area contributed by atoms with Crippen molar-refractivity contribution < 1.29 is 18.7 Å². The number of nitrogens with zero attached hydrogens (tertiary/aromatic N) is 1. The smallest absolute Gasteiger partial charge is 0.165 e. The highest BCUT2D eigenvalue weighted by Gasteiger charge is 2.60. The Bertz CT molecular complexity index is 1010. The third-order valence-electron chi connectivity index (χ3n) is 8.22. The molecule has 3 fully saturated rings. The van der Waals surface area contributed by atoms with Crippen LogP contribution in [0.3, 0.4) is 0 Å². The molecule has 33 heavy (non-hydrogen) atoms. The van der Waals surface area contributed by atoms with Crippen LogP contribution < -0.4 is 4.74 Å². The van der Waals surface area contributed by atoms with Gasteiger partial charge in [0.1, 0.15) is 5.60 Å². The summed E-state index contributed by atoms with van der Waals surface area (Å²) in [5, 5.41) is 12.4.